The van der Waals surface area contributed by atoms with E-state index in [2.05, 4.69) is 31.3 Å². The summed E-state index contributed by atoms with van der Waals surface area (Å²) in [7, 11) is 0. The summed E-state index contributed by atoms with van der Waals surface area (Å²) < 4.78 is 0. The van der Waals surface area contributed by atoms with Crippen LogP contribution in [0.3, 0.4) is 0 Å². The number of nitrogens with one attached hydrogen (secondary N) is 1. The van der Waals surface area contributed by atoms with E-state index in [1.807, 2.05) is 25.1 Å². The van der Waals surface area contributed by atoms with E-state index in [-0.39, 0.29) is 12.1 Å². The number of hydrogen-bond donors (Lipinski definition) is 2. The van der Waals surface area contributed by atoms with E-state index in [4.69, 9.17) is 0 Å². The van der Waals surface area contributed by atoms with Gasteiger partial charge in [0.1, 0.15) is 0 Å². The van der Waals surface area contributed by atoms with Gasteiger partial charge in [0.05, 0.1) is 12.1 Å². The van der Waals surface area contributed by atoms with Gasteiger partial charge in [-0.2, -0.15) is 0 Å². The van der Waals surface area contributed by atoms with E-state index >= 15 is 0 Å². The number of aliphatic hydroxyl groups is 1. The van der Waals surface area contributed by atoms with Crippen LogP contribution in [0.4, 0.5) is 0 Å². The topological polar surface area (TPSA) is 32.3 Å². The van der Waals surface area contributed by atoms with Crippen LogP contribution in [0.2, 0.25) is 0 Å². The molecule has 0 heterocycles. The fourth-order valence-electron chi connectivity index (χ4n) is 1.69. The summed E-state index contributed by atoms with van der Waals surface area (Å²) in [5, 5.41) is 13.0. The predicted octanol–water partition coefficient (Wildman–Crippen LogP) is 2.53. The first-order valence-corrected chi connectivity index (χ1v) is 6.00. The average molecular weight is 221 g/mol. The first-order chi connectivity index (χ1) is 7.58. The molecular weight excluding hydrogens is 198 g/mol. The van der Waals surface area contributed by atoms with Crippen molar-refractivity contribution in [3.8, 4) is 0 Å². The number of hydrogen-bond acceptors (Lipinski definition) is 2. The highest BCUT2D eigenvalue weighted by Crippen LogP contribution is 2.19. The van der Waals surface area contributed by atoms with E-state index < -0.39 is 0 Å². The molecule has 1 aromatic rings. The van der Waals surface area contributed by atoms with Gasteiger partial charge >= 0.3 is 0 Å². The molecule has 0 fully saturated rings. The van der Waals surface area contributed by atoms with Crippen molar-refractivity contribution in [2.24, 2.45) is 5.92 Å². The van der Waals surface area contributed by atoms with Gasteiger partial charge in [-0.25, -0.2) is 0 Å². The molecule has 0 spiro atoms. The van der Waals surface area contributed by atoms with E-state index in [0.717, 1.165) is 18.5 Å². The zero-order chi connectivity index (χ0) is 12.0. The lowest BCUT2D eigenvalue weighted by molar-refractivity contribution is 0.173. The SMILES string of the molecule is CC(C)CCNC(C)(CO)c1ccccc1. The summed E-state index contributed by atoms with van der Waals surface area (Å²) in [5.41, 5.74) is 0.817. The normalized spacial score (nSPS) is 15.1. The van der Waals surface area contributed by atoms with E-state index in [1.165, 1.54) is 0 Å². The Bertz CT molecular complexity index is 297. The van der Waals surface area contributed by atoms with Gasteiger partial charge in [0.2, 0.25) is 0 Å². The standard InChI is InChI=1S/C14H23NO/c1-12(2)9-10-15-14(3,11-16)13-7-5-4-6-8-13/h4-8,12,15-16H,9-11H2,1-3H3. The zero-order valence-electron chi connectivity index (χ0n) is 10.5. The van der Waals surface area contributed by atoms with Crippen molar-refractivity contribution in [3.05, 3.63) is 35.9 Å². The molecule has 1 rings (SSSR count). The maximum atomic E-state index is 9.54. The summed E-state index contributed by atoms with van der Waals surface area (Å²) in [4.78, 5) is 0. The summed E-state index contributed by atoms with van der Waals surface area (Å²) in [6, 6.07) is 10.1. The zero-order valence-corrected chi connectivity index (χ0v) is 10.5. The second kappa shape index (κ2) is 6.02. The van der Waals surface area contributed by atoms with Gasteiger partial charge in [-0.3, -0.25) is 0 Å². The maximum Gasteiger partial charge on any atom is 0.0652 e. The van der Waals surface area contributed by atoms with Crippen LogP contribution < -0.4 is 5.32 Å². The molecule has 0 amide bonds. The summed E-state index contributed by atoms with van der Waals surface area (Å²) in [5.74, 6) is 0.686. The minimum absolute atomic E-state index is 0.120. The Morgan fingerprint density at radius 3 is 2.38 bits per heavy atom. The van der Waals surface area contributed by atoms with Crippen LogP contribution in [-0.2, 0) is 5.54 Å². The van der Waals surface area contributed by atoms with Gasteiger partial charge < -0.3 is 10.4 Å². The van der Waals surface area contributed by atoms with Crippen LogP contribution in [0.25, 0.3) is 0 Å². The van der Waals surface area contributed by atoms with Crippen LogP contribution >= 0.6 is 0 Å². The minimum atomic E-state index is -0.323. The molecule has 90 valence electrons. The smallest absolute Gasteiger partial charge is 0.0652 e. The van der Waals surface area contributed by atoms with Crippen molar-refractivity contribution < 1.29 is 5.11 Å². The molecule has 0 aromatic heterocycles. The third-order valence-corrected chi connectivity index (χ3v) is 2.96. The molecule has 0 saturated carbocycles. The average Bonchev–Trinajstić information content (AvgIpc) is 2.29. The first kappa shape index (κ1) is 13.2. The molecule has 0 bridgehead atoms. The van der Waals surface area contributed by atoms with Crippen molar-refractivity contribution in [1.82, 2.24) is 5.32 Å². The molecule has 16 heavy (non-hydrogen) atoms. The molecule has 0 radical (unpaired) electrons. The highest BCUT2D eigenvalue weighted by Gasteiger charge is 2.24. The summed E-state index contributed by atoms with van der Waals surface area (Å²) in [6.07, 6.45) is 1.13. The Kier molecular flexibility index (Phi) is 4.97. The molecule has 2 N–H and O–H groups in total. The summed E-state index contributed by atoms with van der Waals surface area (Å²) in [6.45, 7) is 7.52. The van der Waals surface area contributed by atoms with Gasteiger partial charge in [-0.15, -0.1) is 0 Å². The Balaban J connectivity index is 2.63. The van der Waals surface area contributed by atoms with Crippen LogP contribution in [0, 0.1) is 5.92 Å². The molecule has 0 aliphatic carbocycles. The van der Waals surface area contributed by atoms with E-state index in [0.29, 0.717) is 5.92 Å². The van der Waals surface area contributed by atoms with Gasteiger partial charge in [-0.05, 0) is 31.4 Å². The van der Waals surface area contributed by atoms with Crippen LogP contribution in [0.15, 0.2) is 30.3 Å². The van der Waals surface area contributed by atoms with Crippen molar-refractivity contribution in [2.45, 2.75) is 32.7 Å². The highest BCUT2D eigenvalue weighted by atomic mass is 16.3. The van der Waals surface area contributed by atoms with E-state index in [9.17, 15) is 5.11 Å². The third-order valence-electron chi connectivity index (χ3n) is 2.96. The Morgan fingerprint density at radius 2 is 1.88 bits per heavy atom. The molecule has 1 atom stereocenters. The molecular formula is C14H23NO. The van der Waals surface area contributed by atoms with Crippen molar-refractivity contribution in [2.75, 3.05) is 13.2 Å². The minimum Gasteiger partial charge on any atom is -0.394 e. The summed E-state index contributed by atoms with van der Waals surface area (Å²) >= 11 is 0. The van der Waals surface area contributed by atoms with E-state index in [1.54, 1.807) is 0 Å². The van der Waals surface area contributed by atoms with Gasteiger partial charge in [0.15, 0.2) is 0 Å². The molecule has 0 saturated heterocycles. The Labute approximate surface area is 98.7 Å². The predicted molar refractivity (Wildman–Crippen MR) is 68.3 cm³/mol. The van der Waals surface area contributed by atoms with Gasteiger partial charge in [0, 0.05) is 0 Å². The monoisotopic (exact) mass is 221 g/mol. The Morgan fingerprint density at radius 1 is 1.25 bits per heavy atom. The van der Waals surface area contributed by atoms with Crippen molar-refractivity contribution in [1.29, 1.82) is 0 Å². The van der Waals surface area contributed by atoms with Crippen molar-refractivity contribution in [3.63, 3.8) is 0 Å². The molecule has 1 unspecified atom stereocenters. The molecule has 0 aliphatic rings. The third kappa shape index (κ3) is 3.62. The lowest BCUT2D eigenvalue weighted by atomic mass is 9.92. The van der Waals surface area contributed by atoms with Crippen LogP contribution in [-0.4, -0.2) is 18.3 Å². The van der Waals surface area contributed by atoms with Crippen LogP contribution in [0.1, 0.15) is 32.8 Å². The molecule has 2 nitrogen and oxygen atoms in total. The number of rotatable bonds is 6. The fourth-order valence-corrected chi connectivity index (χ4v) is 1.69. The number of aliphatic hydroxyl groups excluding tert-OH is 1. The van der Waals surface area contributed by atoms with Gasteiger partial charge in [-0.1, -0.05) is 44.2 Å². The second-order valence-corrected chi connectivity index (χ2v) is 4.97. The van der Waals surface area contributed by atoms with Crippen molar-refractivity contribution >= 4 is 0 Å². The highest BCUT2D eigenvalue weighted by molar-refractivity contribution is 5.23. The number of benzene rings is 1. The molecule has 0 aliphatic heterocycles. The quantitative estimate of drug-likeness (QED) is 0.773. The second-order valence-electron chi connectivity index (χ2n) is 4.97. The lowest BCUT2D eigenvalue weighted by Crippen LogP contribution is -2.43. The molecule has 2 heteroatoms. The van der Waals surface area contributed by atoms with Gasteiger partial charge in [0.25, 0.3) is 0 Å². The lowest BCUT2D eigenvalue weighted by Gasteiger charge is -2.30. The maximum absolute atomic E-state index is 9.54. The first-order valence-electron chi connectivity index (χ1n) is 6.00. The van der Waals surface area contributed by atoms with Crippen LogP contribution in [0.5, 0.6) is 0 Å². The molecule has 1 aromatic carbocycles. The largest absolute Gasteiger partial charge is 0.394 e. The fraction of sp³-hybridized carbons (Fsp3) is 0.571. The Hall–Kier alpha value is -0.860.